The van der Waals surface area contributed by atoms with Crippen molar-refractivity contribution in [1.82, 2.24) is 10.9 Å². The first-order valence-corrected chi connectivity index (χ1v) is 4.37. The van der Waals surface area contributed by atoms with Gasteiger partial charge in [-0.3, -0.25) is 10.9 Å². The van der Waals surface area contributed by atoms with Crippen molar-refractivity contribution in [3.63, 3.8) is 0 Å². The Hall–Kier alpha value is -0.0800. The van der Waals surface area contributed by atoms with Crippen molar-refractivity contribution in [3.05, 3.63) is 0 Å². The second kappa shape index (κ2) is 1.41. The lowest BCUT2D eigenvalue weighted by Gasteiger charge is -2.61. The fourth-order valence-corrected chi connectivity index (χ4v) is 2.83. The third-order valence-corrected chi connectivity index (χ3v) is 3.84. The summed E-state index contributed by atoms with van der Waals surface area (Å²) in [6.07, 6.45) is 8.50. The molecule has 0 aromatic rings. The summed E-state index contributed by atoms with van der Waals surface area (Å²) in [4.78, 5) is 0. The van der Waals surface area contributed by atoms with E-state index in [2.05, 4.69) is 10.9 Å². The van der Waals surface area contributed by atoms with Crippen LogP contribution in [0.1, 0.15) is 38.5 Å². The Morgan fingerprint density at radius 1 is 0.600 bits per heavy atom. The molecule has 3 saturated heterocycles. The molecule has 3 heterocycles. The van der Waals surface area contributed by atoms with Crippen molar-refractivity contribution >= 4 is 0 Å². The van der Waals surface area contributed by atoms with E-state index in [9.17, 15) is 0 Å². The lowest BCUT2D eigenvalue weighted by molar-refractivity contribution is -0.0377. The van der Waals surface area contributed by atoms with E-state index in [1.54, 1.807) is 0 Å². The molecule has 2 heteroatoms. The zero-order chi connectivity index (χ0) is 6.66. The number of hydrogen-bond donors (Lipinski definition) is 2. The van der Waals surface area contributed by atoms with E-state index in [0.717, 1.165) is 0 Å². The molecule has 3 aliphatic heterocycles. The van der Waals surface area contributed by atoms with Crippen LogP contribution in [0.5, 0.6) is 0 Å². The van der Waals surface area contributed by atoms with Gasteiger partial charge in [-0.1, -0.05) is 0 Å². The lowest BCUT2D eigenvalue weighted by atomic mass is 9.60. The molecule has 56 valence electrons. The van der Waals surface area contributed by atoms with Gasteiger partial charge in [-0.15, -0.1) is 0 Å². The van der Waals surface area contributed by atoms with E-state index in [1.807, 2.05) is 0 Å². The first-order chi connectivity index (χ1) is 4.83. The van der Waals surface area contributed by atoms with Crippen molar-refractivity contribution < 1.29 is 0 Å². The fraction of sp³-hybridized carbons (Fsp3) is 1.00. The Kier molecular flexibility index (Phi) is 0.783. The smallest absolute Gasteiger partial charge is 0.0326 e. The Balaban J connectivity index is 2.05. The van der Waals surface area contributed by atoms with Crippen molar-refractivity contribution in [2.75, 3.05) is 0 Å². The van der Waals surface area contributed by atoms with E-state index in [4.69, 9.17) is 0 Å². The van der Waals surface area contributed by atoms with Crippen LogP contribution in [0.25, 0.3) is 0 Å². The normalized spacial score (nSPS) is 57.6. The summed E-state index contributed by atoms with van der Waals surface area (Å²) in [5.74, 6) is 0. The van der Waals surface area contributed by atoms with Crippen LogP contribution >= 0.6 is 0 Å². The van der Waals surface area contributed by atoms with Gasteiger partial charge < -0.3 is 0 Å². The van der Waals surface area contributed by atoms with Gasteiger partial charge in [-0.05, 0) is 38.5 Å². The van der Waals surface area contributed by atoms with Gasteiger partial charge in [-0.25, -0.2) is 0 Å². The van der Waals surface area contributed by atoms with Crippen LogP contribution in [0, 0.1) is 0 Å². The van der Waals surface area contributed by atoms with Gasteiger partial charge in [0.2, 0.25) is 0 Å². The molecule has 0 atom stereocenters. The summed E-state index contributed by atoms with van der Waals surface area (Å²) in [7, 11) is 0. The topological polar surface area (TPSA) is 24.1 Å². The standard InChI is InChI=1S/C8H14N2/c1-2-8-5-3-7(1,4-6-8)9-10-8/h9-10H,1-6H2. The van der Waals surface area contributed by atoms with Crippen molar-refractivity contribution in [1.29, 1.82) is 0 Å². The Morgan fingerprint density at radius 3 is 1.00 bits per heavy atom. The van der Waals surface area contributed by atoms with Crippen LogP contribution in [0.2, 0.25) is 0 Å². The Bertz CT molecular complexity index is 113. The molecule has 10 heavy (non-hydrogen) atoms. The third kappa shape index (κ3) is 0.487. The van der Waals surface area contributed by atoms with Gasteiger partial charge in [0.05, 0.1) is 0 Å². The molecule has 6 aliphatic rings. The minimum Gasteiger partial charge on any atom is -0.251 e. The molecule has 2 nitrogen and oxygen atoms in total. The fourth-order valence-electron chi connectivity index (χ4n) is 2.83. The van der Waals surface area contributed by atoms with E-state index < -0.39 is 0 Å². The summed E-state index contributed by atoms with van der Waals surface area (Å²) >= 11 is 0. The van der Waals surface area contributed by atoms with Crippen LogP contribution in [0.4, 0.5) is 0 Å². The van der Waals surface area contributed by atoms with Crippen molar-refractivity contribution in [2.24, 2.45) is 0 Å². The predicted octanol–water partition coefficient (Wildman–Crippen LogP) is 0.940. The van der Waals surface area contributed by atoms with Crippen molar-refractivity contribution in [3.8, 4) is 0 Å². The second-order valence-electron chi connectivity index (χ2n) is 4.31. The summed E-state index contributed by atoms with van der Waals surface area (Å²) in [5.41, 5.74) is 8.00. The van der Waals surface area contributed by atoms with Crippen LogP contribution in [-0.2, 0) is 0 Å². The highest BCUT2D eigenvalue weighted by Crippen LogP contribution is 2.49. The zero-order valence-electron chi connectivity index (χ0n) is 6.24. The van der Waals surface area contributed by atoms with Gasteiger partial charge in [0, 0.05) is 11.1 Å². The van der Waals surface area contributed by atoms with E-state index in [0.29, 0.717) is 11.1 Å². The van der Waals surface area contributed by atoms with Crippen LogP contribution in [0.3, 0.4) is 0 Å². The van der Waals surface area contributed by atoms with E-state index >= 15 is 0 Å². The SMILES string of the molecule is C1CC23CCC1(CC2)NN3. The molecular weight excluding hydrogens is 124 g/mol. The molecule has 3 aliphatic carbocycles. The van der Waals surface area contributed by atoms with Crippen LogP contribution < -0.4 is 10.9 Å². The Morgan fingerprint density at radius 2 is 0.900 bits per heavy atom. The molecule has 0 unspecified atom stereocenters. The molecule has 2 N–H and O–H groups in total. The first-order valence-electron chi connectivity index (χ1n) is 4.37. The summed E-state index contributed by atoms with van der Waals surface area (Å²) in [6.45, 7) is 0. The van der Waals surface area contributed by atoms with E-state index in [-0.39, 0.29) is 0 Å². The number of hydrazine groups is 1. The first kappa shape index (κ1) is 5.56. The lowest BCUT2D eigenvalue weighted by Crippen LogP contribution is -2.75. The number of hydrogen-bond acceptors (Lipinski definition) is 2. The second-order valence-corrected chi connectivity index (χ2v) is 4.31. The quantitative estimate of drug-likeness (QED) is 0.520. The predicted molar refractivity (Wildman–Crippen MR) is 39.4 cm³/mol. The average molecular weight is 138 g/mol. The maximum Gasteiger partial charge on any atom is 0.0326 e. The summed E-state index contributed by atoms with van der Waals surface area (Å²) in [5, 5.41) is 0. The molecule has 0 aromatic heterocycles. The maximum absolute atomic E-state index is 3.47. The van der Waals surface area contributed by atoms with Crippen LogP contribution in [-0.4, -0.2) is 11.1 Å². The molecule has 2 bridgehead atoms. The molecule has 6 rings (SSSR count). The number of nitrogens with one attached hydrogen (secondary N) is 2. The minimum atomic E-state index is 0.528. The molecule has 6 fully saturated rings. The monoisotopic (exact) mass is 138 g/mol. The molecule has 0 amide bonds. The highest BCUT2D eigenvalue weighted by Gasteiger charge is 2.53. The van der Waals surface area contributed by atoms with Gasteiger partial charge in [0.15, 0.2) is 0 Å². The van der Waals surface area contributed by atoms with Gasteiger partial charge >= 0.3 is 0 Å². The largest absolute Gasteiger partial charge is 0.251 e. The van der Waals surface area contributed by atoms with Gasteiger partial charge in [0.25, 0.3) is 0 Å². The highest BCUT2D eigenvalue weighted by atomic mass is 15.5. The van der Waals surface area contributed by atoms with Gasteiger partial charge in [0.1, 0.15) is 0 Å². The average Bonchev–Trinajstić information content (AvgIpc) is 2.08. The Labute approximate surface area is 61.3 Å². The summed E-state index contributed by atoms with van der Waals surface area (Å²) in [6, 6.07) is 0. The van der Waals surface area contributed by atoms with Crippen LogP contribution in [0.15, 0.2) is 0 Å². The minimum absolute atomic E-state index is 0.528. The molecular formula is C8H14N2. The highest BCUT2D eigenvalue weighted by molar-refractivity contribution is 5.12. The maximum atomic E-state index is 3.47. The van der Waals surface area contributed by atoms with Gasteiger partial charge in [-0.2, -0.15) is 0 Å². The third-order valence-electron chi connectivity index (χ3n) is 3.84. The molecule has 0 spiro atoms. The van der Waals surface area contributed by atoms with Crippen molar-refractivity contribution in [2.45, 2.75) is 49.6 Å². The molecule has 0 radical (unpaired) electrons. The van der Waals surface area contributed by atoms with E-state index in [1.165, 1.54) is 38.5 Å². The zero-order valence-corrected chi connectivity index (χ0v) is 6.24. The number of rotatable bonds is 0. The molecule has 0 aromatic carbocycles. The summed E-state index contributed by atoms with van der Waals surface area (Å²) < 4.78 is 0. The molecule has 3 saturated carbocycles.